The smallest absolute Gasteiger partial charge is 0.344 e. The van der Waals surface area contributed by atoms with E-state index in [2.05, 4.69) is 0 Å². The molecule has 24 heavy (non-hydrogen) atoms. The minimum Gasteiger partial charge on any atom is -0.497 e. The molecule has 0 aliphatic carbocycles. The number of hydrogen-bond acceptors (Lipinski definition) is 5. The summed E-state index contributed by atoms with van der Waals surface area (Å²) >= 11 is 0. The van der Waals surface area contributed by atoms with E-state index in [0.29, 0.717) is 11.3 Å². The highest BCUT2D eigenvalue weighted by atomic mass is 16.5. The van der Waals surface area contributed by atoms with Crippen LogP contribution in [0.2, 0.25) is 0 Å². The zero-order chi connectivity index (χ0) is 17.3. The molecule has 1 aromatic heterocycles. The Bertz CT molecular complexity index is 967. The molecule has 2 aromatic carbocycles. The Kier molecular flexibility index (Phi) is 4.08. The number of rotatable bonds is 3. The summed E-state index contributed by atoms with van der Waals surface area (Å²) in [5.74, 6) is 0.474. The second-order valence-corrected chi connectivity index (χ2v) is 5.34. The van der Waals surface area contributed by atoms with E-state index >= 15 is 0 Å². The summed E-state index contributed by atoms with van der Waals surface area (Å²) in [7, 11) is 1.58. The molecule has 0 radical (unpaired) electrons. The van der Waals surface area contributed by atoms with Crippen molar-refractivity contribution >= 4 is 16.9 Å². The number of esters is 1. The molecule has 3 rings (SSSR count). The Morgan fingerprint density at radius 2 is 1.79 bits per heavy atom. The quantitative estimate of drug-likeness (QED) is 0.417. The van der Waals surface area contributed by atoms with Crippen molar-refractivity contribution in [3.8, 4) is 22.6 Å². The number of fused-ring (bicyclic) bond motifs is 1. The van der Waals surface area contributed by atoms with Crippen LogP contribution in [0.3, 0.4) is 0 Å². The lowest BCUT2D eigenvalue weighted by Crippen LogP contribution is -2.08. The van der Waals surface area contributed by atoms with Gasteiger partial charge in [-0.2, -0.15) is 0 Å². The molecular weight excluding hydrogens is 308 g/mol. The van der Waals surface area contributed by atoms with Crippen LogP contribution in [0.4, 0.5) is 0 Å². The predicted octanol–water partition coefficient (Wildman–Crippen LogP) is 3.70. The fourth-order valence-electron chi connectivity index (χ4n) is 2.68. The van der Waals surface area contributed by atoms with Gasteiger partial charge in [-0.3, -0.25) is 4.79 Å². The van der Waals surface area contributed by atoms with E-state index in [1.165, 1.54) is 6.92 Å². The van der Waals surface area contributed by atoms with E-state index in [-0.39, 0.29) is 11.3 Å². The van der Waals surface area contributed by atoms with E-state index in [1.807, 2.05) is 13.0 Å². The zero-order valence-corrected chi connectivity index (χ0v) is 13.6. The van der Waals surface area contributed by atoms with Gasteiger partial charge in [-0.05, 0) is 36.2 Å². The molecule has 0 unspecified atom stereocenters. The Morgan fingerprint density at radius 3 is 2.42 bits per heavy atom. The van der Waals surface area contributed by atoms with Crippen LogP contribution < -0.4 is 15.1 Å². The molecule has 3 aromatic rings. The number of hydrogen-bond donors (Lipinski definition) is 0. The summed E-state index contributed by atoms with van der Waals surface area (Å²) in [5, 5.41) is 0.721. The maximum absolute atomic E-state index is 12.5. The van der Waals surface area contributed by atoms with Gasteiger partial charge < -0.3 is 13.9 Å². The molecule has 0 atom stereocenters. The molecule has 0 fully saturated rings. The van der Waals surface area contributed by atoms with Gasteiger partial charge in [0.1, 0.15) is 5.75 Å². The lowest BCUT2D eigenvalue weighted by Gasteiger charge is -2.10. The highest BCUT2D eigenvalue weighted by Crippen LogP contribution is 2.32. The van der Waals surface area contributed by atoms with Crippen LogP contribution in [0.5, 0.6) is 11.5 Å². The first kappa shape index (κ1) is 15.8. The number of carbonyl (C=O) groups is 1. The van der Waals surface area contributed by atoms with Crippen molar-refractivity contribution < 1.29 is 18.7 Å². The molecule has 0 amide bonds. The Morgan fingerprint density at radius 1 is 1.08 bits per heavy atom. The molecule has 0 saturated carbocycles. The van der Waals surface area contributed by atoms with E-state index in [0.717, 1.165) is 16.5 Å². The SMILES string of the molecule is COc1ccc(-c2c(C)c3cccc(OC(C)=O)c3oc2=O)cc1. The van der Waals surface area contributed by atoms with Crippen LogP contribution in [-0.2, 0) is 4.79 Å². The van der Waals surface area contributed by atoms with E-state index in [1.54, 1.807) is 43.5 Å². The van der Waals surface area contributed by atoms with Crippen LogP contribution in [0.25, 0.3) is 22.1 Å². The van der Waals surface area contributed by atoms with Gasteiger partial charge in [0.2, 0.25) is 0 Å². The van der Waals surface area contributed by atoms with E-state index < -0.39 is 11.6 Å². The summed E-state index contributed by atoms with van der Waals surface area (Å²) in [5.41, 5.74) is 1.77. The lowest BCUT2D eigenvalue weighted by atomic mass is 9.99. The van der Waals surface area contributed by atoms with Crippen molar-refractivity contribution in [2.24, 2.45) is 0 Å². The maximum Gasteiger partial charge on any atom is 0.344 e. The molecule has 0 saturated heterocycles. The number of benzene rings is 2. The lowest BCUT2D eigenvalue weighted by molar-refractivity contribution is -0.131. The number of aryl methyl sites for hydroxylation is 1. The molecule has 5 heteroatoms. The van der Waals surface area contributed by atoms with Gasteiger partial charge in [-0.1, -0.05) is 24.3 Å². The van der Waals surface area contributed by atoms with Gasteiger partial charge in [0.05, 0.1) is 12.7 Å². The fourth-order valence-corrected chi connectivity index (χ4v) is 2.68. The molecular formula is C19H16O5. The molecule has 0 aliphatic rings. The third-order valence-corrected chi connectivity index (χ3v) is 3.79. The van der Waals surface area contributed by atoms with Gasteiger partial charge in [-0.15, -0.1) is 0 Å². The first-order valence-electron chi connectivity index (χ1n) is 7.40. The van der Waals surface area contributed by atoms with Crippen molar-refractivity contribution in [1.82, 2.24) is 0 Å². The fraction of sp³-hybridized carbons (Fsp3) is 0.158. The molecule has 0 aliphatic heterocycles. The molecule has 122 valence electrons. The van der Waals surface area contributed by atoms with Crippen LogP contribution in [0, 0.1) is 6.92 Å². The predicted molar refractivity (Wildman–Crippen MR) is 90.5 cm³/mol. The van der Waals surface area contributed by atoms with Gasteiger partial charge in [-0.25, -0.2) is 4.79 Å². The van der Waals surface area contributed by atoms with Crippen LogP contribution in [-0.4, -0.2) is 13.1 Å². The van der Waals surface area contributed by atoms with E-state index in [9.17, 15) is 9.59 Å². The molecule has 0 N–H and O–H groups in total. The summed E-state index contributed by atoms with van der Waals surface area (Å²) in [4.78, 5) is 23.7. The Hall–Kier alpha value is -3.08. The number of methoxy groups -OCH3 is 1. The van der Waals surface area contributed by atoms with Crippen molar-refractivity contribution in [2.45, 2.75) is 13.8 Å². The number of para-hydroxylation sites is 1. The van der Waals surface area contributed by atoms with Crippen molar-refractivity contribution in [3.63, 3.8) is 0 Å². The summed E-state index contributed by atoms with van der Waals surface area (Å²) in [6.45, 7) is 3.14. The number of ether oxygens (including phenoxy) is 2. The Balaban J connectivity index is 2.23. The van der Waals surface area contributed by atoms with E-state index in [4.69, 9.17) is 13.9 Å². The maximum atomic E-state index is 12.5. The van der Waals surface area contributed by atoms with Gasteiger partial charge in [0.15, 0.2) is 11.3 Å². The number of carbonyl (C=O) groups excluding carboxylic acids is 1. The average molecular weight is 324 g/mol. The summed E-state index contributed by atoms with van der Waals surface area (Å²) in [6.07, 6.45) is 0. The molecule has 5 nitrogen and oxygen atoms in total. The minimum atomic E-state index is -0.482. The second kappa shape index (κ2) is 6.20. The zero-order valence-electron chi connectivity index (χ0n) is 13.6. The van der Waals surface area contributed by atoms with Crippen LogP contribution in [0.15, 0.2) is 51.7 Å². The average Bonchev–Trinajstić information content (AvgIpc) is 2.56. The molecule has 1 heterocycles. The normalized spacial score (nSPS) is 10.6. The van der Waals surface area contributed by atoms with Crippen molar-refractivity contribution in [3.05, 3.63) is 58.4 Å². The second-order valence-electron chi connectivity index (χ2n) is 5.34. The topological polar surface area (TPSA) is 65.7 Å². The first-order chi connectivity index (χ1) is 11.5. The molecule has 0 bridgehead atoms. The highest BCUT2D eigenvalue weighted by Gasteiger charge is 2.16. The largest absolute Gasteiger partial charge is 0.497 e. The third-order valence-electron chi connectivity index (χ3n) is 3.79. The van der Waals surface area contributed by atoms with Crippen LogP contribution in [0.1, 0.15) is 12.5 Å². The van der Waals surface area contributed by atoms with Gasteiger partial charge in [0, 0.05) is 12.3 Å². The summed E-state index contributed by atoms with van der Waals surface area (Å²) < 4.78 is 15.7. The van der Waals surface area contributed by atoms with Gasteiger partial charge in [0.25, 0.3) is 0 Å². The van der Waals surface area contributed by atoms with Crippen molar-refractivity contribution in [2.75, 3.05) is 7.11 Å². The minimum absolute atomic E-state index is 0.237. The monoisotopic (exact) mass is 324 g/mol. The highest BCUT2D eigenvalue weighted by molar-refractivity contribution is 5.91. The third kappa shape index (κ3) is 2.76. The first-order valence-corrected chi connectivity index (χ1v) is 7.40. The van der Waals surface area contributed by atoms with Crippen LogP contribution >= 0.6 is 0 Å². The standard InChI is InChI=1S/C19H16O5/c1-11-15-5-4-6-16(23-12(2)20)18(15)24-19(21)17(11)13-7-9-14(22-3)10-8-13/h4-10H,1-3H3. The van der Waals surface area contributed by atoms with Crippen molar-refractivity contribution in [1.29, 1.82) is 0 Å². The van der Waals surface area contributed by atoms with Gasteiger partial charge >= 0.3 is 11.6 Å². The summed E-state index contributed by atoms with van der Waals surface area (Å²) in [6, 6.07) is 12.4. The Labute approximate surface area is 138 Å². The molecule has 0 spiro atoms.